The second-order valence-corrected chi connectivity index (χ2v) is 5.32. The Kier molecular flexibility index (Phi) is 3.72. The largest absolute Gasteiger partial charge is 0.478 e. The van der Waals surface area contributed by atoms with Crippen molar-refractivity contribution in [3.63, 3.8) is 0 Å². The van der Waals surface area contributed by atoms with Crippen molar-refractivity contribution in [3.05, 3.63) is 28.2 Å². The lowest BCUT2D eigenvalue weighted by Gasteiger charge is -2.26. The van der Waals surface area contributed by atoms with Crippen molar-refractivity contribution in [2.75, 3.05) is 11.4 Å². The van der Waals surface area contributed by atoms with Crippen LogP contribution in [0.5, 0.6) is 0 Å². The number of nitrogens with zero attached hydrogens (tertiary/aromatic N) is 1. The number of carbonyl (C=O) groups is 1. The van der Waals surface area contributed by atoms with Crippen LogP contribution in [0.15, 0.2) is 22.7 Å². The second kappa shape index (κ2) is 5.08. The molecule has 0 bridgehead atoms. The maximum absolute atomic E-state index is 11.0. The first-order chi connectivity index (χ1) is 8.11. The van der Waals surface area contributed by atoms with Crippen LogP contribution in [-0.2, 0) is 0 Å². The van der Waals surface area contributed by atoms with E-state index in [0.29, 0.717) is 11.6 Å². The Balaban J connectivity index is 2.34. The molecular weight excluding hydrogens is 282 g/mol. The topological polar surface area (TPSA) is 40.5 Å². The maximum Gasteiger partial charge on any atom is 0.335 e. The van der Waals surface area contributed by atoms with Crippen molar-refractivity contribution >= 4 is 27.6 Å². The molecule has 92 valence electrons. The highest BCUT2D eigenvalue weighted by Gasteiger charge is 2.23. The molecule has 1 unspecified atom stereocenters. The summed E-state index contributed by atoms with van der Waals surface area (Å²) in [5, 5.41) is 9.06. The SMILES string of the molecule is CCC1CCCN1c1cc(Br)cc(C(=O)O)c1. The number of carboxylic acids is 1. The van der Waals surface area contributed by atoms with Crippen LogP contribution in [0.2, 0.25) is 0 Å². The summed E-state index contributed by atoms with van der Waals surface area (Å²) in [5.41, 5.74) is 1.36. The minimum absolute atomic E-state index is 0.344. The summed E-state index contributed by atoms with van der Waals surface area (Å²) in [7, 11) is 0. The van der Waals surface area contributed by atoms with Gasteiger partial charge in [0.25, 0.3) is 0 Å². The Labute approximate surface area is 110 Å². The molecule has 4 heteroatoms. The molecule has 1 aromatic rings. The van der Waals surface area contributed by atoms with Gasteiger partial charge in [-0.05, 0) is 37.5 Å². The molecule has 1 atom stereocenters. The highest BCUT2D eigenvalue weighted by Crippen LogP contribution is 2.30. The van der Waals surface area contributed by atoms with Gasteiger partial charge in [0, 0.05) is 22.7 Å². The number of hydrogen-bond donors (Lipinski definition) is 1. The van der Waals surface area contributed by atoms with E-state index < -0.39 is 5.97 Å². The van der Waals surface area contributed by atoms with E-state index in [1.165, 1.54) is 12.8 Å². The van der Waals surface area contributed by atoms with Gasteiger partial charge in [0.05, 0.1) is 5.56 Å². The Morgan fingerprint density at radius 2 is 2.29 bits per heavy atom. The predicted molar refractivity (Wildman–Crippen MR) is 71.8 cm³/mol. The number of anilines is 1. The van der Waals surface area contributed by atoms with Crippen LogP contribution in [0.25, 0.3) is 0 Å². The van der Waals surface area contributed by atoms with Gasteiger partial charge < -0.3 is 10.0 Å². The molecule has 0 aliphatic carbocycles. The number of rotatable bonds is 3. The van der Waals surface area contributed by atoms with Crippen molar-refractivity contribution < 1.29 is 9.90 Å². The third-order valence-electron chi connectivity index (χ3n) is 3.31. The lowest BCUT2D eigenvalue weighted by molar-refractivity contribution is 0.0697. The molecule has 1 N–H and O–H groups in total. The van der Waals surface area contributed by atoms with Gasteiger partial charge in [-0.1, -0.05) is 22.9 Å². The summed E-state index contributed by atoms with van der Waals surface area (Å²) in [4.78, 5) is 13.3. The summed E-state index contributed by atoms with van der Waals surface area (Å²) in [5.74, 6) is -0.875. The maximum atomic E-state index is 11.0. The van der Waals surface area contributed by atoms with Crippen molar-refractivity contribution in [2.24, 2.45) is 0 Å². The molecule has 1 aliphatic rings. The van der Waals surface area contributed by atoms with Gasteiger partial charge in [-0.25, -0.2) is 4.79 Å². The van der Waals surface area contributed by atoms with Gasteiger partial charge in [0.1, 0.15) is 0 Å². The molecular formula is C13H16BrNO2. The molecule has 1 aliphatic heterocycles. The molecule has 2 rings (SSSR count). The summed E-state index contributed by atoms with van der Waals surface area (Å²) in [6, 6.07) is 5.95. The predicted octanol–water partition coefficient (Wildman–Crippen LogP) is 3.53. The fourth-order valence-corrected chi connectivity index (χ4v) is 2.94. The minimum atomic E-state index is -0.875. The first-order valence-electron chi connectivity index (χ1n) is 5.92. The Bertz CT molecular complexity index is 433. The van der Waals surface area contributed by atoms with Crippen molar-refractivity contribution in [2.45, 2.75) is 32.2 Å². The van der Waals surface area contributed by atoms with Gasteiger partial charge >= 0.3 is 5.97 Å². The number of aromatic carboxylic acids is 1. The second-order valence-electron chi connectivity index (χ2n) is 4.40. The average molecular weight is 298 g/mol. The first kappa shape index (κ1) is 12.4. The van der Waals surface area contributed by atoms with E-state index in [4.69, 9.17) is 5.11 Å². The smallest absolute Gasteiger partial charge is 0.335 e. The Morgan fingerprint density at radius 3 is 2.94 bits per heavy atom. The third kappa shape index (κ3) is 2.63. The van der Waals surface area contributed by atoms with Gasteiger partial charge in [-0.3, -0.25) is 0 Å². The third-order valence-corrected chi connectivity index (χ3v) is 3.77. The van der Waals surface area contributed by atoms with Crippen LogP contribution in [0, 0.1) is 0 Å². The standard InChI is InChI=1S/C13H16BrNO2/c1-2-11-4-3-5-15(11)12-7-9(13(16)17)6-10(14)8-12/h6-8,11H,2-5H2,1H3,(H,16,17). The molecule has 0 aromatic heterocycles. The molecule has 1 fully saturated rings. The van der Waals surface area contributed by atoms with Crippen LogP contribution in [0.1, 0.15) is 36.5 Å². The molecule has 0 saturated carbocycles. The minimum Gasteiger partial charge on any atom is -0.478 e. The van der Waals surface area contributed by atoms with E-state index in [-0.39, 0.29) is 0 Å². The fraction of sp³-hybridized carbons (Fsp3) is 0.462. The highest BCUT2D eigenvalue weighted by atomic mass is 79.9. The van der Waals surface area contributed by atoms with Crippen molar-refractivity contribution in [3.8, 4) is 0 Å². The quantitative estimate of drug-likeness (QED) is 0.928. The molecule has 0 spiro atoms. The first-order valence-corrected chi connectivity index (χ1v) is 6.71. The summed E-state index contributed by atoms with van der Waals surface area (Å²) < 4.78 is 0.828. The number of carboxylic acid groups (broad SMARTS) is 1. The van der Waals surface area contributed by atoms with Gasteiger partial charge in [-0.2, -0.15) is 0 Å². The van der Waals surface area contributed by atoms with E-state index in [9.17, 15) is 4.79 Å². The van der Waals surface area contributed by atoms with Crippen molar-refractivity contribution in [1.82, 2.24) is 0 Å². The van der Waals surface area contributed by atoms with Gasteiger partial charge in [0.15, 0.2) is 0 Å². The number of halogens is 1. The molecule has 1 heterocycles. The zero-order valence-corrected chi connectivity index (χ0v) is 11.4. The zero-order valence-electron chi connectivity index (χ0n) is 9.82. The lowest BCUT2D eigenvalue weighted by atomic mass is 10.1. The van der Waals surface area contributed by atoms with Gasteiger partial charge in [0.2, 0.25) is 0 Å². The molecule has 1 saturated heterocycles. The van der Waals surface area contributed by atoms with Crippen LogP contribution in [0.3, 0.4) is 0 Å². The fourth-order valence-electron chi connectivity index (χ4n) is 2.46. The number of hydrogen-bond acceptors (Lipinski definition) is 2. The van der Waals surface area contributed by atoms with E-state index >= 15 is 0 Å². The molecule has 1 aromatic carbocycles. The van der Waals surface area contributed by atoms with Crippen LogP contribution < -0.4 is 4.90 Å². The van der Waals surface area contributed by atoms with Crippen LogP contribution >= 0.6 is 15.9 Å². The van der Waals surface area contributed by atoms with E-state index in [1.807, 2.05) is 6.07 Å². The normalized spacial score (nSPS) is 19.6. The van der Waals surface area contributed by atoms with E-state index in [2.05, 4.69) is 27.8 Å². The lowest BCUT2D eigenvalue weighted by Crippen LogP contribution is -2.28. The van der Waals surface area contributed by atoms with Crippen LogP contribution in [0.4, 0.5) is 5.69 Å². The Morgan fingerprint density at radius 1 is 1.53 bits per heavy atom. The van der Waals surface area contributed by atoms with E-state index in [1.54, 1.807) is 12.1 Å². The molecule has 17 heavy (non-hydrogen) atoms. The Hall–Kier alpha value is -1.03. The summed E-state index contributed by atoms with van der Waals surface area (Å²) >= 11 is 3.38. The average Bonchev–Trinajstić information content (AvgIpc) is 2.76. The van der Waals surface area contributed by atoms with Gasteiger partial charge in [-0.15, -0.1) is 0 Å². The monoisotopic (exact) mass is 297 g/mol. The highest BCUT2D eigenvalue weighted by molar-refractivity contribution is 9.10. The molecule has 3 nitrogen and oxygen atoms in total. The molecule has 0 amide bonds. The van der Waals surface area contributed by atoms with Crippen LogP contribution in [-0.4, -0.2) is 23.7 Å². The van der Waals surface area contributed by atoms with Crippen molar-refractivity contribution in [1.29, 1.82) is 0 Å². The molecule has 0 radical (unpaired) electrons. The number of benzene rings is 1. The van der Waals surface area contributed by atoms with E-state index in [0.717, 1.165) is 23.1 Å². The summed E-state index contributed by atoms with van der Waals surface area (Å²) in [6.07, 6.45) is 3.49. The summed E-state index contributed by atoms with van der Waals surface area (Å²) in [6.45, 7) is 3.20. The zero-order chi connectivity index (χ0) is 12.4.